The zero-order chi connectivity index (χ0) is 9.97. The first-order chi connectivity index (χ1) is 6.75. The summed E-state index contributed by atoms with van der Waals surface area (Å²) in [5.41, 5.74) is 0. The summed E-state index contributed by atoms with van der Waals surface area (Å²) in [4.78, 5) is 8.56. The fourth-order valence-corrected chi connectivity index (χ4v) is 1.52. The number of hydrogen-bond donors (Lipinski definition) is 1. The molecule has 0 saturated carbocycles. The minimum Gasteiger partial charge on any atom is -0.486 e. The Morgan fingerprint density at radius 1 is 1.29 bits per heavy atom. The van der Waals surface area contributed by atoms with Gasteiger partial charge in [0.05, 0.1) is 0 Å². The van der Waals surface area contributed by atoms with Gasteiger partial charge in [-0.2, -0.15) is 0 Å². The largest absolute Gasteiger partial charge is 0.486 e. The molecule has 0 spiro atoms. The van der Waals surface area contributed by atoms with Crippen molar-refractivity contribution in [1.29, 1.82) is 0 Å². The van der Waals surface area contributed by atoms with Gasteiger partial charge in [0.15, 0.2) is 11.5 Å². The minimum atomic E-state index is -2.96. The molecule has 0 radical (unpaired) electrons. The van der Waals surface area contributed by atoms with E-state index < -0.39 is 8.25 Å². The molecule has 2 rings (SSSR count). The van der Waals surface area contributed by atoms with E-state index in [4.69, 9.17) is 14.4 Å². The maximum Gasteiger partial charge on any atom is 0.365 e. The SMILES string of the molecule is O=[PH](O)Oc1ccc2c(c1)OCCO2. The maximum absolute atomic E-state index is 10.4. The van der Waals surface area contributed by atoms with E-state index in [1.807, 2.05) is 0 Å². The molecule has 1 heterocycles. The van der Waals surface area contributed by atoms with Crippen LogP contribution < -0.4 is 14.0 Å². The maximum atomic E-state index is 10.4. The van der Waals surface area contributed by atoms with Crippen LogP contribution in [0.15, 0.2) is 18.2 Å². The van der Waals surface area contributed by atoms with Gasteiger partial charge in [0.1, 0.15) is 19.0 Å². The zero-order valence-electron chi connectivity index (χ0n) is 7.23. The van der Waals surface area contributed by atoms with E-state index in [1.54, 1.807) is 12.1 Å². The number of hydrogen-bond acceptors (Lipinski definition) is 4. The molecule has 1 aliphatic heterocycles. The zero-order valence-corrected chi connectivity index (χ0v) is 8.23. The van der Waals surface area contributed by atoms with Gasteiger partial charge in [0, 0.05) is 6.07 Å². The molecule has 1 aromatic carbocycles. The first kappa shape index (κ1) is 9.37. The molecule has 76 valence electrons. The highest BCUT2D eigenvalue weighted by Gasteiger charge is 2.12. The summed E-state index contributed by atoms with van der Waals surface area (Å²) in [5.74, 6) is 1.47. The molecule has 0 aromatic heterocycles. The molecule has 14 heavy (non-hydrogen) atoms. The molecule has 0 amide bonds. The summed E-state index contributed by atoms with van der Waals surface area (Å²) >= 11 is 0. The van der Waals surface area contributed by atoms with Gasteiger partial charge in [-0.05, 0) is 12.1 Å². The van der Waals surface area contributed by atoms with Crippen molar-refractivity contribution in [3.63, 3.8) is 0 Å². The first-order valence-electron chi connectivity index (χ1n) is 4.06. The van der Waals surface area contributed by atoms with E-state index in [2.05, 4.69) is 4.52 Å². The molecule has 1 N–H and O–H groups in total. The van der Waals surface area contributed by atoms with Crippen molar-refractivity contribution in [3.05, 3.63) is 18.2 Å². The third-order valence-electron chi connectivity index (χ3n) is 1.72. The first-order valence-corrected chi connectivity index (χ1v) is 5.32. The van der Waals surface area contributed by atoms with Gasteiger partial charge in [-0.15, -0.1) is 0 Å². The molecule has 0 fully saturated rings. The van der Waals surface area contributed by atoms with Crippen molar-refractivity contribution < 1.29 is 23.5 Å². The summed E-state index contributed by atoms with van der Waals surface area (Å²) in [7, 11) is -2.96. The molecule has 0 saturated heterocycles. The lowest BCUT2D eigenvalue weighted by atomic mass is 10.3. The molecule has 1 atom stereocenters. The van der Waals surface area contributed by atoms with Gasteiger partial charge in [-0.1, -0.05) is 0 Å². The molecule has 5 nitrogen and oxygen atoms in total. The average molecular weight is 216 g/mol. The Morgan fingerprint density at radius 3 is 2.71 bits per heavy atom. The van der Waals surface area contributed by atoms with Gasteiger partial charge >= 0.3 is 8.25 Å². The lowest BCUT2D eigenvalue weighted by Gasteiger charge is -2.18. The normalized spacial score (nSPS) is 16.1. The van der Waals surface area contributed by atoms with Crippen LogP contribution in [0, 0.1) is 0 Å². The molecule has 1 aliphatic rings. The highest BCUT2D eigenvalue weighted by Crippen LogP contribution is 2.35. The van der Waals surface area contributed by atoms with Crippen molar-refractivity contribution in [1.82, 2.24) is 0 Å². The third kappa shape index (κ3) is 2.00. The summed E-state index contributed by atoms with van der Waals surface area (Å²) in [6.07, 6.45) is 0. The van der Waals surface area contributed by atoms with E-state index in [9.17, 15) is 4.57 Å². The quantitative estimate of drug-likeness (QED) is 0.753. The number of rotatable bonds is 2. The van der Waals surface area contributed by atoms with E-state index in [1.165, 1.54) is 6.07 Å². The Hall–Kier alpha value is -1.19. The average Bonchev–Trinajstić information content (AvgIpc) is 2.17. The number of fused-ring (bicyclic) bond motifs is 1. The van der Waals surface area contributed by atoms with Crippen LogP contribution in [-0.2, 0) is 4.57 Å². The molecule has 0 bridgehead atoms. The summed E-state index contributed by atoms with van der Waals surface area (Å²) in [6.45, 7) is 0.995. The van der Waals surface area contributed by atoms with Crippen molar-refractivity contribution in [2.24, 2.45) is 0 Å². The minimum absolute atomic E-state index is 0.306. The Labute approximate surface area is 81.2 Å². The Bertz CT molecular complexity index is 365. The molecule has 1 aromatic rings. The highest BCUT2D eigenvalue weighted by molar-refractivity contribution is 7.32. The Morgan fingerprint density at radius 2 is 2.00 bits per heavy atom. The second-order valence-corrected chi connectivity index (χ2v) is 3.41. The summed E-state index contributed by atoms with van der Waals surface area (Å²) in [6, 6.07) is 4.74. The van der Waals surface area contributed by atoms with Crippen molar-refractivity contribution in [2.75, 3.05) is 13.2 Å². The second kappa shape index (κ2) is 3.90. The molecule has 1 unspecified atom stereocenters. The monoisotopic (exact) mass is 216 g/mol. The molecular weight excluding hydrogens is 207 g/mol. The standard InChI is InChI=1S/C8H9O5P/c9-14(10)13-6-1-2-7-8(5-6)12-4-3-11-7/h1-2,5,14H,3-4H2,(H,9,10). The van der Waals surface area contributed by atoms with Crippen LogP contribution in [0.5, 0.6) is 17.2 Å². The van der Waals surface area contributed by atoms with E-state index >= 15 is 0 Å². The predicted molar refractivity (Wildman–Crippen MR) is 49.3 cm³/mol. The lowest BCUT2D eigenvalue weighted by Crippen LogP contribution is -2.15. The smallest absolute Gasteiger partial charge is 0.365 e. The van der Waals surface area contributed by atoms with Crippen LogP contribution in [0.2, 0.25) is 0 Å². The Kier molecular flexibility index (Phi) is 2.61. The number of ether oxygens (including phenoxy) is 2. The summed E-state index contributed by atoms with van der Waals surface area (Å²) < 4.78 is 25.6. The molecular formula is C8H9O5P. The lowest BCUT2D eigenvalue weighted by molar-refractivity contribution is 0.171. The van der Waals surface area contributed by atoms with Crippen molar-refractivity contribution >= 4 is 8.25 Å². The van der Waals surface area contributed by atoms with Gasteiger partial charge in [-0.3, -0.25) is 0 Å². The number of benzene rings is 1. The van der Waals surface area contributed by atoms with Crippen LogP contribution in [0.1, 0.15) is 0 Å². The van der Waals surface area contributed by atoms with Crippen LogP contribution in [0.25, 0.3) is 0 Å². The van der Waals surface area contributed by atoms with Gasteiger partial charge in [0.2, 0.25) is 0 Å². The van der Waals surface area contributed by atoms with Crippen molar-refractivity contribution in [3.8, 4) is 17.2 Å². The fourth-order valence-electron chi connectivity index (χ4n) is 1.19. The predicted octanol–water partition coefficient (Wildman–Crippen LogP) is 1.22. The van der Waals surface area contributed by atoms with E-state index in [0.717, 1.165) is 0 Å². The van der Waals surface area contributed by atoms with E-state index in [-0.39, 0.29) is 0 Å². The summed E-state index contributed by atoms with van der Waals surface area (Å²) in [5, 5.41) is 0. The molecule has 6 heteroatoms. The van der Waals surface area contributed by atoms with Crippen LogP contribution in [0.4, 0.5) is 0 Å². The van der Waals surface area contributed by atoms with Crippen LogP contribution >= 0.6 is 8.25 Å². The van der Waals surface area contributed by atoms with Gasteiger partial charge in [-0.25, -0.2) is 4.57 Å². The topological polar surface area (TPSA) is 65.0 Å². The fraction of sp³-hybridized carbons (Fsp3) is 0.250. The second-order valence-electron chi connectivity index (χ2n) is 2.67. The van der Waals surface area contributed by atoms with Gasteiger partial charge in [0.25, 0.3) is 0 Å². The highest BCUT2D eigenvalue weighted by atomic mass is 31.1. The van der Waals surface area contributed by atoms with Gasteiger partial charge < -0.3 is 18.9 Å². The third-order valence-corrected chi connectivity index (χ3v) is 2.13. The van der Waals surface area contributed by atoms with E-state index in [0.29, 0.717) is 30.5 Å². The Balaban J connectivity index is 2.24. The van der Waals surface area contributed by atoms with Crippen LogP contribution in [0.3, 0.4) is 0 Å². The molecule has 0 aliphatic carbocycles. The van der Waals surface area contributed by atoms with Crippen LogP contribution in [-0.4, -0.2) is 18.1 Å². The van der Waals surface area contributed by atoms with Crippen molar-refractivity contribution in [2.45, 2.75) is 0 Å².